The predicted octanol–water partition coefficient (Wildman–Crippen LogP) is 7.23. The number of pyridine rings is 1. The number of nitriles is 1. The zero-order valence-electron chi connectivity index (χ0n) is 20.3. The molecule has 0 saturated heterocycles. The second-order valence-corrected chi connectivity index (χ2v) is 11.0. The molecule has 7 nitrogen and oxygen atoms in total. The molecule has 2 heterocycles. The van der Waals surface area contributed by atoms with Crippen LogP contribution in [0.2, 0.25) is 0 Å². The number of anilines is 2. The van der Waals surface area contributed by atoms with E-state index >= 15 is 0 Å². The molecule has 0 bridgehead atoms. The number of halogens is 5. The molecule has 0 unspecified atom stereocenters. The first-order valence-electron chi connectivity index (χ1n) is 11.1. The molecule has 0 saturated carbocycles. The molecule has 0 aliphatic rings. The summed E-state index contributed by atoms with van der Waals surface area (Å²) < 4.78 is 73.8. The van der Waals surface area contributed by atoms with Gasteiger partial charge in [-0.2, -0.15) is 5.26 Å². The Balaban J connectivity index is 1.69. The summed E-state index contributed by atoms with van der Waals surface area (Å²) in [6.45, 7) is 3.35. The van der Waals surface area contributed by atoms with Gasteiger partial charge < -0.3 is 19.2 Å². The fourth-order valence-corrected chi connectivity index (χ4v) is 4.53. The molecular weight excluding hydrogens is 529 g/mol. The molecule has 0 aliphatic heterocycles. The second kappa shape index (κ2) is 8.63. The maximum Gasteiger partial charge on any atom is 0.310 e. The predicted molar refractivity (Wildman–Crippen MR) is 135 cm³/mol. The Labute approximate surface area is 214 Å². The highest BCUT2D eigenvalue weighted by atomic mass is 32.5. The number of aromatic nitrogens is 3. The summed E-state index contributed by atoms with van der Waals surface area (Å²) in [7, 11) is -8.35. The molecule has 0 spiro atoms. The topological polar surface area (TPSA) is 84.9 Å². The number of ether oxygens (including phenoxy) is 1. The smallest absolute Gasteiger partial charge is 0.310 e. The average Bonchev–Trinajstić information content (AvgIpc) is 3.29. The number of nitrogens with zero attached hydrogens (tertiary/aromatic N) is 4. The van der Waals surface area contributed by atoms with Crippen molar-refractivity contribution < 1.29 is 24.2 Å². The van der Waals surface area contributed by atoms with Gasteiger partial charge in [-0.15, -0.1) is 0 Å². The first-order valence-corrected chi connectivity index (χ1v) is 13.0. The maximum atomic E-state index is 13.3. The third-order valence-corrected chi connectivity index (χ3v) is 7.01. The van der Waals surface area contributed by atoms with E-state index in [4.69, 9.17) is 4.74 Å². The number of benzene rings is 2. The van der Waals surface area contributed by atoms with Crippen LogP contribution >= 0.6 is 10.2 Å². The van der Waals surface area contributed by atoms with Gasteiger partial charge in [-0.05, 0) is 49.7 Å². The van der Waals surface area contributed by atoms with Gasteiger partial charge in [-0.1, -0.05) is 31.6 Å². The Bertz CT molecular complexity index is 1630. The Kier molecular flexibility index (Phi) is 6.07. The lowest BCUT2D eigenvalue weighted by Crippen LogP contribution is -2.26. The Hall–Kier alpha value is -4.31. The summed E-state index contributed by atoms with van der Waals surface area (Å²) in [6, 6.07) is 9.86. The molecule has 200 valence electrons. The van der Waals surface area contributed by atoms with Crippen molar-refractivity contribution in [3.8, 4) is 17.5 Å². The molecule has 0 radical (unpaired) electrons. The standard InChI is InChI=1S/C25H22F5N5O2S/c1-16-13-34(15-32-16)23-9-6-20(11-24(23)37-3)33-22-10-18(12-31)14-35(25(22)36)17(2)19-4-7-21(8-5-19)38(26,27,28,29)30/h4-11,13-15,17,33H,1-3H3/t17-/m0/s1. The lowest BCUT2D eigenvalue weighted by atomic mass is 10.1. The normalized spacial score (nSPS) is 14.2. The number of imidazole rings is 1. The first kappa shape index (κ1) is 26.7. The summed E-state index contributed by atoms with van der Waals surface area (Å²) in [5.41, 5.74) is 1.68. The van der Waals surface area contributed by atoms with Crippen molar-refractivity contribution in [2.24, 2.45) is 0 Å². The van der Waals surface area contributed by atoms with Gasteiger partial charge >= 0.3 is 10.2 Å². The van der Waals surface area contributed by atoms with Crippen LogP contribution in [0.3, 0.4) is 0 Å². The van der Waals surface area contributed by atoms with Crippen molar-refractivity contribution >= 4 is 21.6 Å². The van der Waals surface area contributed by atoms with Gasteiger partial charge in [0.15, 0.2) is 0 Å². The summed E-state index contributed by atoms with van der Waals surface area (Å²) >= 11 is 0. The molecule has 2 aromatic carbocycles. The minimum Gasteiger partial charge on any atom is -0.494 e. The Morgan fingerprint density at radius 3 is 2.29 bits per heavy atom. The minimum atomic E-state index is -9.83. The molecule has 0 fully saturated rings. The van der Waals surface area contributed by atoms with Crippen LogP contribution < -0.4 is 15.6 Å². The maximum absolute atomic E-state index is 13.3. The number of rotatable bonds is 7. The van der Waals surface area contributed by atoms with Crippen LogP contribution in [0, 0.1) is 18.3 Å². The third kappa shape index (κ3) is 5.50. The molecule has 1 N–H and O–H groups in total. The Morgan fingerprint density at radius 2 is 1.74 bits per heavy atom. The largest absolute Gasteiger partial charge is 0.494 e. The van der Waals surface area contributed by atoms with E-state index in [-0.39, 0.29) is 16.8 Å². The molecule has 0 aliphatic carbocycles. The summed E-state index contributed by atoms with van der Waals surface area (Å²) in [6.07, 6.45) is 4.69. The van der Waals surface area contributed by atoms with E-state index in [9.17, 15) is 29.5 Å². The summed E-state index contributed by atoms with van der Waals surface area (Å²) in [5.74, 6) is 0.474. The lowest BCUT2D eigenvalue weighted by Gasteiger charge is -2.40. The molecule has 38 heavy (non-hydrogen) atoms. The Morgan fingerprint density at radius 1 is 1.05 bits per heavy atom. The fourth-order valence-electron chi connectivity index (χ4n) is 3.88. The highest BCUT2D eigenvalue weighted by Gasteiger charge is 2.65. The second-order valence-electron chi connectivity index (χ2n) is 8.61. The van der Waals surface area contributed by atoms with Crippen molar-refractivity contribution in [2.75, 3.05) is 12.4 Å². The van der Waals surface area contributed by atoms with Crippen molar-refractivity contribution in [1.82, 2.24) is 14.1 Å². The van der Waals surface area contributed by atoms with Crippen LogP contribution in [0.25, 0.3) is 5.69 Å². The SMILES string of the molecule is COc1cc(Nc2cc(C#N)cn([C@@H](C)c3ccc(S(F)(F)(F)(F)F)cc3)c2=O)ccc1-n1cnc(C)c1. The average molecular weight is 552 g/mol. The quantitative estimate of drug-likeness (QED) is 0.245. The first-order chi connectivity index (χ1) is 17.6. The van der Waals surface area contributed by atoms with Gasteiger partial charge in [0.1, 0.15) is 22.4 Å². The summed E-state index contributed by atoms with van der Waals surface area (Å²) in [5, 5.41) is 12.5. The number of hydrogen-bond acceptors (Lipinski definition) is 5. The van der Waals surface area contributed by atoms with Crippen LogP contribution in [0.15, 0.2) is 76.9 Å². The van der Waals surface area contributed by atoms with E-state index in [1.807, 2.05) is 19.2 Å². The van der Waals surface area contributed by atoms with Gasteiger partial charge in [0.2, 0.25) is 0 Å². The molecule has 1 atom stereocenters. The molecule has 0 amide bonds. The lowest BCUT2D eigenvalue weighted by molar-refractivity contribution is 0.364. The number of hydrogen-bond donors (Lipinski definition) is 1. The minimum absolute atomic E-state index is 0.0211. The van der Waals surface area contributed by atoms with Crippen LogP contribution in [0.4, 0.5) is 30.8 Å². The molecule has 4 aromatic rings. The van der Waals surface area contributed by atoms with Gasteiger partial charge in [0.25, 0.3) is 5.56 Å². The molecule has 13 heteroatoms. The number of nitrogens with one attached hydrogen (secondary N) is 1. The molecule has 2 aromatic heterocycles. The fraction of sp³-hybridized carbons (Fsp3) is 0.160. The third-order valence-electron chi connectivity index (χ3n) is 5.85. The van der Waals surface area contributed by atoms with Gasteiger partial charge in [-0.3, -0.25) is 4.79 Å². The van der Waals surface area contributed by atoms with Gasteiger partial charge in [0.05, 0.1) is 36.4 Å². The van der Waals surface area contributed by atoms with Gasteiger partial charge in [0, 0.05) is 24.1 Å². The van der Waals surface area contributed by atoms with Crippen molar-refractivity contribution in [1.29, 1.82) is 5.26 Å². The zero-order valence-corrected chi connectivity index (χ0v) is 21.1. The zero-order chi connectivity index (χ0) is 27.9. The molecule has 4 rings (SSSR count). The van der Waals surface area contributed by atoms with E-state index in [0.29, 0.717) is 29.3 Å². The molecular formula is C25H22F5N5O2S. The van der Waals surface area contributed by atoms with E-state index in [1.54, 1.807) is 29.1 Å². The van der Waals surface area contributed by atoms with E-state index < -0.39 is 26.7 Å². The van der Waals surface area contributed by atoms with Crippen molar-refractivity contribution in [3.63, 3.8) is 0 Å². The van der Waals surface area contributed by atoms with E-state index in [1.165, 1.54) is 26.3 Å². The summed E-state index contributed by atoms with van der Waals surface area (Å²) in [4.78, 5) is 15.4. The van der Waals surface area contributed by atoms with Crippen molar-refractivity contribution in [3.05, 3.63) is 94.4 Å². The van der Waals surface area contributed by atoms with Crippen LogP contribution in [-0.2, 0) is 0 Å². The number of methoxy groups -OCH3 is 1. The van der Waals surface area contributed by atoms with Crippen molar-refractivity contribution in [2.45, 2.75) is 24.8 Å². The number of aryl methyl sites for hydroxylation is 1. The van der Waals surface area contributed by atoms with E-state index in [0.717, 1.165) is 22.4 Å². The highest BCUT2D eigenvalue weighted by molar-refractivity contribution is 8.45. The van der Waals surface area contributed by atoms with E-state index in [2.05, 4.69) is 10.3 Å². The van der Waals surface area contributed by atoms with Crippen LogP contribution in [-0.4, -0.2) is 21.2 Å². The highest BCUT2D eigenvalue weighted by Crippen LogP contribution is 3.02. The monoisotopic (exact) mass is 551 g/mol. The van der Waals surface area contributed by atoms with Crippen LogP contribution in [0.5, 0.6) is 5.75 Å². The van der Waals surface area contributed by atoms with Crippen LogP contribution in [0.1, 0.15) is 29.8 Å². The van der Waals surface area contributed by atoms with Gasteiger partial charge in [-0.25, -0.2) is 4.98 Å².